The lowest BCUT2D eigenvalue weighted by Crippen LogP contribution is -2.30. The summed E-state index contributed by atoms with van der Waals surface area (Å²) in [6.07, 6.45) is -1.89. The van der Waals surface area contributed by atoms with Gasteiger partial charge in [-0.05, 0) is 84.5 Å². The Morgan fingerprint density at radius 1 is 0.828 bits per heavy atom. The van der Waals surface area contributed by atoms with Gasteiger partial charge in [0.05, 0.1) is 60.5 Å². The molecule has 0 spiro atoms. The number of carbonyl (C=O) groups is 2. The second kappa shape index (κ2) is 22.0. The first-order chi connectivity index (χ1) is 27.5. The van der Waals surface area contributed by atoms with Crippen LogP contribution >= 0.6 is 0 Å². The average molecular weight is 811 g/mol. The molecule has 58 heavy (non-hydrogen) atoms. The first-order valence-corrected chi connectivity index (χ1v) is 19.1. The molecular formula is C42H55FN4O11. The van der Waals surface area contributed by atoms with E-state index in [2.05, 4.69) is 15.0 Å². The van der Waals surface area contributed by atoms with Crippen molar-refractivity contribution in [3.63, 3.8) is 0 Å². The van der Waals surface area contributed by atoms with Crippen LogP contribution in [0, 0.1) is 17.2 Å². The maximum Gasteiger partial charge on any atom is 0.308 e. The molecule has 4 aromatic rings. The first kappa shape index (κ1) is 46.1. The van der Waals surface area contributed by atoms with E-state index in [-0.39, 0.29) is 57.5 Å². The monoisotopic (exact) mass is 810 g/mol. The lowest BCUT2D eigenvalue weighted by Gasteiger charge is -2.29. The lowest BCUT2D eigenvalue weighted by atomic mass is 9.80. The van der Waals surface area contributed by atoms with Gasteiger partial charge in [-0.15, -0.1) is 0 Å². The Hall–Kier alpha value is -4.59. The van der Waals surface area contributed by atoms with Crippen LogP contribution in [0.2, 0.25) is 0 Å². The number of aromatic nitrogens is 1. The van der Waals surface area contributed by atoms with Gasteiger partial charge in [-0.2, -0.15) is 0 Å². The molecule has 0 saturated heterocycles. The molecule has 0 aliphatic rings. The largest absolute Gasteiger partial charge is 0.466 e. The highest BCUT2D eigenvalue weighted by Gasteiger charge is 2.31. The maximum absolute atomic E-state index is 14.3. The fraction of sp³-hybridized carbons (Fsp3) is 0.429. The van der Waals surface area contributed by atoms with Crippen molar-refractivity contribution < 1.29 is 59.4 Å². The van der Waals surface area contributed by atoms with Crippen LogP contribution in [-0.4, -0.2) is 90.3 Å². The normalized spacial score (nSPS) is 13.1. The Kier molecular flexibility index (Phi) is 17.5. The quantitative estimate of drug-likeness (QED) is 0.0292. The van der Waals surface area contributed by atoms with Crippen LogP contribution in [0.1, 0.15) is 81.8 Å². The van der Waals surface area contributed by atoms with Crippen LogP contribution in [0.3, 0.4) is 0 Å². The molecule has 2 atom stereocenters. The van der Waals surface area contributed by atoms with Gasteiger partial charge in [0.2, 0.25) is 0 Å². The van der Waals surface area contributed by atoms with Crippen LogP contribution in [0.5, 0.6) is 0 Å². The predicted molar refractivity (Wildman–Crippen MR) is 210 cm³/mol. The Morgan fingerprint density at radius 3 is 1.98 bits per heavy atom. The van der Waals surface area contributed by atoms with Gasteiger partial charge in [0.15, 0.2) is 0 Å². The van der Waals surface area contributed by atoms with E-state index >= 15 is 0 Å². The summed E-state index contributed by atoms with van der Waals surface area (Å²) in [6, 6.07) is 24.6. The highest BCUT2D eigenvalue weighted by molar-refractivity contribution is 6.12. The second-order valence-corrected chi connectivity index (χ2v) is 15.3. The van der Waals surface area contributed by atoms with E-state index < -0.39 is 46.1 Å². The van der Waals surface area contributed by atoms with Crippen LogP contribution in [-0.2, 0) is 25.8 Å². The summed E-state index contributed by atoms with van der Waals surface area (Å²) >= 11 is 0. The zero-order valence-electron chi connectivity index (χ0n) is 33.2. The van der Waals surface area contributed by atoms with Crippen LogP contribution in [0.15, 0.2) is 84.9 Å². The number of hydrogen-bond donors (Lipinski definition) is 7. The Morgan fingerprint density at radius 2 is 1.41 bits per heavy atom. The van der Waals surface area contributed by atoms with Crippen molar-refractivity contribution in [2.24, 2.45) is 11.3 Å². The standard InChI is InChI=1S/C42H55FN4O11/c1-28(2)39-38(41(51)44-33-13-9-6-10-14-33)37(30-11-7-5-8-12-30)40(31-15-17-32(43)18-16-31)45(39)21-19-34(48)23-35(49)24-36(50)56-22-20-42(3,4)25-29(26-57-46(52)53)27-58-47(54)55/h5-18,28-29,34-35,48-49,52-55H,19-27H2,1-4H3,(H,44,51)/t34-,35?/m1/s1. The molecule has 3 aromatic carbocycles. The van der Waals surface area contributed by atoms with Gasteiger partial charge in [0, 0.05) is 29.4 Å². The Balaban J connectivity index is 1.48. The second-order valence-electron chi connectivity index (χ2n) is 15.3. The third-order valence-corrected chi connectivity index (χ3v) is 9.66. The number of anilines is 1. The molecule has 1 amide bonds. The number of hydrogen-bond acceptors (Lipinski definition) is 13. The molecule has 0 aliphatic heterocycles. The number of nitrogens with zero attached hydrogens (tertiary/aromatic N) is 3. The van der Waals surface area contributed by atoms with E-state index in [0.29, 0.717) is 46.6 Å². The van der Waals surface area contributed by atoms with E-state index in [4.69, 9.17) is 25.6 Å². The highest BCUT2D eigenvalue weighted by Crippen LogP contribution is 2.43. The topological polar surface area (TPSA) is 207 Å². The molecule has 4 rings (SSSR count). The summed E-state index contributed by atoms with van der Waals surface area (Å²) in [4.78, 5) is 36.3. The smallest absolute Gasteiger partial charge is 0.308 e. The highest BCUT2D eigenvalue weighted by atomic mass is 19.1. The Bertz CT molecular complexity index is 1860. The molecule has 0 aliphatic carbocycles. The summed E-state index contributed by atoms with van der Waals surface area (Å²) in [5, 5.41) is 59.7. The molecule has 0 saturated carbocycles. The van der Waals surface area contributed by atoms with E-state index in [1.54, 1.807) is 24.3 Å². The molecule has 7 N–H and O–H groups in total. The van der Waals surface area contributed by atoms with Crippen molar-refractivity contribution in [1.29, 1.82) is 0 Å². The number of halogens is 1. The number of amides is 1. The average Bonchev–Trinajstić information content (AvgIpc) is 3.51. The van der Waals surface area contributed by atoms with E-state index in [0.717, 1.165) is 5.56 Å². The van der Waals surface area contributed by atoms with Gasteiger partial charge in [0.1, 0.15) is 5.82 Å². The van der Waals surface area contributed by atoms with Gasteiger partial charge in [-0.3, -0.25) is 40.1 Å². The zero-order chi connectivity index (χ0) is 42.4. The van der Waals surface area contributed by atoms with Crippen molar-refractivity contribution in [1.82, 2.24) is 15.3 Å². The van der Waals surface area contributed by atoms with Crippen molar-refractivity contribution in [2.75, 3.05) is 25.1 Å². The van der Waals surface area contributed by atoms with E-state index in [1.165, 1.54) is 12.1 Å². The summed E-state index contributed by atoms with van der Waals surface area (Å²) in [7, 11) is 0. The molecule has 15 nitrogen and oxygen atoms in total. The van der Waals surface area contributed by atoms with Crippen LogP contribution in [0.4, 0.5) is 10.1 Å². The predicted octanol–water partition coefficient (Wildman–Crippen LogP) is 7.22. The number of para-hydroxylation sites is 1. The van der Waals surface area contributed by atoms with E-state index in [1.807, 2.05) is 80.8 Å². The molecular weight excluding hydrogens is 755 g/mol. The van der Waals surface area contributed by atoms with Gasteiger partial charge in [-0.1, -0.05) is 76.2 Å². The zero-order valence-corrected chi connectivity index (χ0v) is 33.2. The molecule has 0 fully saturated rings. The number of nitrogens with one attached hydrogen (secondary N) is 1. The van der Waals surface area contributed by atoms with Gasteiger partial charge < -0.3 is 24.8 Å². The van der Waals surface area contributed by atoms with Gasteiger partial charge in [-0.25, -0.2) is 4.39 Å². The minimum Gasteiger partial charge on any atom is -0.466 e. The molecule has 0 radical (unpaired) electrons. The van der Waals surface area contributed by atoms with E-state index in [9.17, 15) is 24.2 Å². The minimum absolute atomic E-state index is 0.00447. The molecule has 1 unspecified atom stereocenters. The number of aliphatic hydroxyl groups excluding tert-OH is 2. The fourth-order valence-corrected chi connectivity index (χ4v) is 7.09. The number of rotatable bonds is 23. The lowest BCUT2D eigenvalue weighted by molar-refractivity contribution is -0.505. The number of esters is 1. The van der Waals surface area contributed by atoms with Crippen molar-refractivity contribution >= 4 is 17.6 Å². The molecule has 1 aromatic heterocycles. The molecule has 316 valence electrons. The summed E-state index contributed by atoms with van der Waals surface area (Å²) in [6.45, 7) is 7.45. The van der Waals surface area contributed by atoms with Crippen molar-refractivity contribution in [2.45, 2.75) is 84.5 Å². The molecule has 1 heterocycles. The van der Waals surface area contributed by atoms with Crippen molar-refractivity contribution in [3.05, 3.63) is 102 Å². The maximum atomic E-state index is 14.3. The van der Waals surface area contributed by atoms with Crippen LogP contribution in [0.25, 0.3) is 22.4 Å². The SMILES string of the molecule is CC(C)c1c(C(=O)Nc2ccccc2)c(-c2ccccc2)c(-c2ccc(F)cc2)n1CC[C@@H](O)CC(O)CC(=O)OCCC(C)(C)CC(CON(O)O)CON(O)O. The van der Waals surface area contributed by atoms with Gasteiger partial charge in [0.25, 0.3) is 5.91 Å². The fourth-order valence-electron chi connectivity index (χ4n) is 7.09. The first-order valence-electron chi connectivity index (χ1n) is 19.1. The summed E-state index contributed by atoms with van der Waals surface area (Å²) in [5.41, 5.74) is 4.06. The number of carbonyl (C=O) groups excluding carboxylic acids is 2. The number of benzene rings is 3. The molecule has 0 bridgehead atoms. The summed E-state index contributed by atoms with van der Waals surface area (Å²) < 4.78 is 21.6. The van der Waals surface area contributed by atoms with Gasteiger partial charge >= 0.3 is 5.97 Å². The number of aliphatic hydroxyl groups is 2. The summed E-state index contributed by atoms with van der Waals surface area (Å²) in [5.74, 6) is -2.09. The Labute approximate surface area is 337 Å². The minimum atomic E-state index is -1.22. The van der Waals surface area contributed by atoms with Crippen LogP contribution < -0.4 is 5.32 Å². The third kappa shape index (κ3) is 14.1. The third-order valence-electron chi connectivity index (χ3n) is 9.66. The van der Waals surface area contributed by atoms with Crippen molar-refractivity contribution in [3.8, 4) is 22.4 Å². The number of ether oxygens (including phenoxy) is 1. The molecule has 16 heteroatoms.